The van der Waals surface area contributed by atoms with Crippen LogP contribution in [0.25, 0.3) is 21.8 Å². The first-order valence-electron chi connectivity index (χ1n) is 6.31. The normalized spacial score (nSPS) is 10.8. The molecule has 3 aromatic rings. The van der Waals surface area contributed by atoms with Gasteiger partial charge in [-0.1, -0.05) is 29.0 Å². The first-order valence-corrected chi connectivity index (χ1v) is 7.13. The van der Waals surface area contributed by atoms with Gasteiger partial charge in [-0.15, -0.1) is 10.2 Å². The van der Waals surface area contributed by atoms with E-state index in [-0.39, 0.29) is 5.56 Å². The summed E-state index contributed by atoms with van der Waals surface area (Å²) < 4.78 is 0. The molecule has 0 atom stereocenters. The van der Waals surface area contributed by atoms with E-state index in [4.69, 9.17) is 5.73 Å². The first kappa shape index (κ1) is 13.4. The fourth-order valence-electron chi connectivity index (χ4n) is 2.06. The number of hydrogen-bond acceptors (Lipinski definition) is 6. The number of hydrogen-bond donors (Lipinski definition) is 2. The minimum atomic E-state index is -0.305. The van der Waals surface area contributed by atoms with E-state index in [1.165, 1.54) is 11.3 Å². The van der Waals surface area contributed by atoms with E-state index < -0.39 is 0 Å². The van der Waals surface area contributed by atoms with Crippen LogP contribution in [0.4, 0.5) is 5.13 Å². The molecule has 0 spiro atoms. The molecular formula is C14H13N5OS. The van der Waals surface area contributed by atoms with Crippen molar-refractivity contribution in [2.24, 2.45) is 0 Å². The molecule has 7 heteroatoms. The van der Waals surface area contributed by atoms with Crippen LogP contribution in [0, 0.1) is 13.8 Å². The van der Waals surface area contributed by atoms with E-state index >= 15 is 0 Å². The Hall–Kier alpha value is -2.54. The zero-order valence-corrected chi connectivity index (χ0v) is 12.4. The number of benzene rings is 1. The van der Waals surface area contributed by atoms with Gasteiger partial charge in [-0.05, 0) is 31.5 Å². The average Bonchev–Trinajstić information content (AvgIpc) is 2.89. The van der Waals surface area contributed by atoms with Crippen LogP contribution in [0.2, 0.25) is 0 Å². The van der Waals surface area contributed by atoms with Gasteiger partial charge in [-0.2, -0.15) is 5.10 Å². The summed E-state index contributed by atoms with van der Waals surface area (Å²) in [6, 6.07) is 7.83. The standard InChI is InChI=1S/C14H13N5OS/c1-7-3-4-8(2)9(5-7)11-6-10(12(20)17-16-11)13-18-19-14(15)21-13/h3-6H,1-2H3,(H2,15,19)(H,17,20). The number of anilines is 1. The highest BCUT2D eigenvalue weighted by Crippen LogP contribution is 2.27. The Morgan fingerprint density at radius 1 is 1.14 bits per heavy atom. The van der Waals surface area contributed by atoms with Crippen LogP contribution in [-0.2, 0) is 0 Å². The number of aromatic nitrogens is 4. The zero-order valence-electron chi connectivity index (χ0n) is 11.5. The highest BCUT2D eigenvalue weighted by Gasteiger charge is 2.13. The molecule has 3 N–H and O–H groups in total. The molecule has 0 bridgehead atoms. The molecule has 2 heterocycles. The Kier molecular flexibility index (Phi) is 3.26. The van der Waals surface area contributed by atoms with E-state index in [0.29, 0.717) is 21.4 Å². The van der Waals surface area contributed by atoms with E-state index in [2.05, 4.69) is 20.4 Å². The number of H-pyrrole nitrogens is 1. The minimum absolute atomic E-state index is 0.305. The van der Waals surface area contributed by atoms with Crippen LogP contribution in [0.3, 0.4) is 0 Å². The number of rotatable bonds is 2. The van der Waals surface area contributed by atoms with Crippen molar-refractivity contribution in [1.29, 1.82) is 0 Å². The second kappa shape index (κ2) is 5.10. The second-order valence-corrected chi connectivity index (χ2v) is 5.77. The van der Waals surface area contributed by atoms with Crippen molar-refractivity contribution in [2.45, 2.75) is 13.8 Å². The van der Waals surface area contributed by atoms with Crippen molar-refractivity contribution in [2.75, 3.05) is 5.73 Å². The van der Waals surface area contributed by atoms with Gasteiger partial charge in [0.05, 0.1) is 11.3 Å². The smallest absolute Gasteiger partial charge is 0.274 e. The molecule has 0 saturated carbocycles. The van der Waals surface area contributed by atoms with Crippen LogP contribution in [0.1, 0.15) is 11.1 Å². The van der Waals surface area contributed by atoms with Crippen LogP contribution < -0.4 is 11.3 Å². The Bertz CT molecular complexity index is 868. The lowest BCUT2D eigenvalue weighted by molar-refractivity contribution is 0.991. The molecule has 0 saturated heterocycles. The lowest BCUT2D eigenvalue weighted by Crippen LogP contribution is -2.11. The first-order chi connectivity index (χ1) is 10.0. The average molecular weight is 299 g/mol. The SMILES string of the molecule is Cc1ccc(C)c(-c2cc(-c3nnc(N)s3)c(=O)[nH]n2)c1. The minimum Gasteiger partial charge on any atom is -0.374 e. The molecule has 0 aliphatic carbocycles. The van der Waals surface area contributed by atoms with Crippen molar-refractivity contribution < 1.29 is 0 Å². The van der Waals surface area contributed by atoms with Gasteiger partial charge in [0.2, 0.25) is 5.13 Å². The Morgan fingerprint density at radius 2 is 1.95 bits per heavy atom. The van der Waals surface area contributed by atoms with Gasteiger partial charge in [0, 0.05) is 5.56 Å². The number of aryl methyl sites for hydroxylation is 2. The summed E-state index contributed by atoms with van der Waals surface area (Å²) in [4.78, 5) is 11.9. The molecule has 106 valence electrons. The highest BCUT2D eigenvalue weighted by molar-refractivity contribution is 7.18. The number of nitrogens with two attached hydrogens (primary N) is 1. The van der Waals surface area contributed by atoms with Gasteiger partial charge in [0.15, 0.2) is 5.01 Å². The molecule has 3 rings (SSSR count). The third-order valence-electron chi connectivity index (χ3n) is 3.14. The monoisotopic (exact) mass is 299 g/mol. The molecule has 0 aliphatic rings. The molecule has 0 radical (unpaired) electrons. The molecule has 2 aromatic heterocycles. The lowest BCUT2D eigenvalue weighted by atomic mass is 10.0. The lowest BCUT2D eigenvalue weighted by Gasteiger charge is -2.06. The van der Waals surface area contributed by atoms with Crippen molar-refractivity contribution >= 4 is 16.5 Å². The molecule has 0 amide bonds. The summed E-state index contributed by atoms with van der Waals surface area (Å²) in [5.74, 6) is 0. The van der Waals surface area contributed by atoms with Gasteiger partial charge in [0.25, 0.3) is 5.56 Å². The van der Waals surface area contributed by atoms with Crippen molar-refractivity contribution in [3.05, 3.63) is 45.7 Å². The number of nitrogens with zero attached hydrogens (tertiary/aromatic N) is 3. The van der Waals surface area contributed by atoms with Crippen LogP contribution in [-0.4, -0.2) is 20.4 Å². The largest absolute Gasteiger partial charge is 0.374 e. The topological polar surface area (TPSA) is 97.5 Å². The van der Waals surface area contributed by atoms with Gasteiger partial charge in [0.1, 0.15) is 0 Å². The Morgan fingerprint density at radius 3 is 2.67 bits per heavy atom. The molecule has 0 fully saturated rings. The third-order valence-corrected chi connectivity index (χ3v) is 3.93. The van der Waals surface area contributed by atoms with Gasteiger partial charge >= 0.3 is 0 Å². The summed E-state index contributed by atoms with van der Waals surface area (Å²) in [6.07, 6.45) is 0. The number of nitrogen functional groups attached to an aromatic ring is 1. The van der Waals surface area contributed by atoms with Crippen LogP contribution in [0.5, 0.6) is 0 Å². The maximum absolute atomic E-state index is 11.9. The summed E-state index contributed by atoms with van der Waals surface area (Å²) in [6.45, 7) is 4.02. The number of aromatic amines is 1. The summed E-state index contributed by atoms with van der Waals surface area (Å²) in [5, 5.41) is 15.1. The molecule has 0 aliphatic heterocycles. The molecular weight excluding hydrogens is 286 g/mol. The fraction of sp³-hybridized carbons (Fsp3) is 0.143. The molecule has 6 nitrogen and oxygen atoms in total. The van der Waals surface area contributed by atoms with Gasteiger partial charge in [-0.25, -0.2) is 5.10 Å². The maximum atomic E-state index is 11.9. The Balaban J connectivity index is 2.18. The van der Waals surface area contributed by atoms with E-state index in [1.807, 2.05) is 32.0 Å². The second-order valence-electron chi connectivity index (χ2n) is 4.76. The van der Waals surface area contributed by atoms with Crippen molar-refractivity contribution in [3.8, 4) is 21.8 Å². The third kappa shape index (κ3) is 2.55. The molecule has 1 aromatic carbocycles. The predicted molar refractivity (Wildman–Crippen MR) is 83.1 cm³/mol. The summed E-state index contributed by atoms with van der Waals surface area (Å²) in [7, 11) is 0. The molecule has 0 unspecified atom stereocenters. The zero-order chi connectivity index (χ0) is 15.0. The van der Waals surface area contributed by atoms with E-state index in [0.717, 1.165) is 16.7 Å². The van der Waals surface area contributed by atoms with Crippen molar-refractivity contribution in [1.82, 2.24) is 20.4 Å². The van der Waals surface area contributed by atoms with E-state index in [1.54, 1.807) is 6.07 Å². The predicted octanol–water partition coefficient (Wildman–Crippen LogP) is 2.15. The summed E-state index contributed by atoms with van der Waals surface area (Å²) >= 11 is 1.17. The Labute approximate surface area is 124 Å². The maximum Gasteiger partial charge on any atom is 0.274 e. The van der Waals surface area contributed by atoms with Gasteiger partial charge < -0.3 is 5.73 Å². The van der Waals surface area contributed by atoms with Crippen LogP contribution in [0.15, 0.2) is 29.1 Å². The fourth-order valence-corrected chi connectivity index (χ4v) is 2.68. The highest BCUT2D eigenvalue weighted by atomic mass is 32.1. The van der Waals surface area contributed by atoms with Crippen LogP contribution >= 0.6 is 11.3 Å². The molecule has 21 heavy (non-hydrogen) atoms. The number of nitrogens with one attached hydrogen (secondary N) is 1. The quantitative estimate of drug-likeness (QED) is 0.755. The van der Waals surface area contributed by atoms with Crippen molar-refractivity contribution in [3.63, 3.8) is 0 Å². The van der Waals surface area contributed by atoms with Gasteiger partial charge in [-0.3, -0.25) is 4.79 Å². The summed E-state index contributed by atoms with van der Waals surface area (Å²) in [5.41, 5.74) is 9.58. The van der Waals surface area contributed by atoms with E-state index in [9.17, 15) is 4.79 Å².